The first kappa shape index (κ1) is 14.5. The summed E-state index contributed by atoms with van der Waals surface area (Å²) in [5.74, 6) is 0.156. The molecule has 0 radical (unpaired) electrons. The van der Waals surface area contributed by atoms with Crippen LogP contribution in [0.2, 0.25) is 0 Å². The van der Waals surface area contributed by atoms with E-state index in [1.165, 1.54) is 0 Å². The van der Waals surface area contributed by atoms with E-state index in [1.54, 1.807) is 11.3 Å². The summed E-state index contributed by atoms with van der Waals surface area (Å²) in [7, 11) is 0. The van der Waals surface area contributed by atoms with Gasteiger partial charge in [-0.25, -0.2) is 4.98 Å². The molecule has 2 rings (SSSR count). The molecule has 1 aliphatic carbocycles. The highest BCUT2D eigenvalue weighted by molar-refractivity contribution is 7.09. The number of amides is 1. The fourth-order valence-electron chi connectivity index (χ4n) is 1.68. The largest absolute Gasteiger partial charge is 0.353 e. The maximum atomic E-state index is 11.5. The molecule has 4 nitrogen and oxygen atoms in total. The molecule has 1 amide bonds. The molecule has 0 aliphatic heterocycles. The lowest BCUT2D eigenvalue weighted by Crippen LogP contribution is -2.29. The second kappa shape index (κ2) is 6.01. The predicted molar refractivity (Wildman–Crippen MR) is 78.3 cm³/mol. The lowest BCUT2D eigenvalue weighted by molar-refractivity contribution is -0.121. The quantitative estimate of drug-likeness (QED) is 0.786. The first-order valence-corrected chi connectivity index (χ1v) is 7.78. The summed E-state index contributed by atoms with van der Waals surface area (Å²) in [5, 5.41) is 9.52. The van der Waals surface area contributed by atoms with Gasteiger partial charge in [-0.2, -0.15) is 0 Å². The predicted octanol–water partition coefficient (Wildman–Crippen LogP) is 2.20. The second-order valence-electron chi connectivity index (χ2n) is 6.16. The number of nitrogens with zero attached hydrogens (tertiary/aromatic N) is 1. The van der Waals surface area contributed by atoms with E-state index in [0.717, 1.165) is 30.1 Å². The number of aromatic nitrogens is 1. The number of carbonyl (C=O) groups excluding carboxylic acids is 1. The number of rotatable bonds is 6. The molecule has 0 spiro atoms. The van der Waals surface area contributed by atoms with Gasteiger partial charge >= 0.3 is 0 Å². The van der Waals surface area contributed by atoms with E-state index in [9.17, 15) is 4.79 Å². The van der Waals surface area contributed by atoms with Gasteiger partial charge in [0.25, 0.3) is 0 Å². The Morgan fingerprint density at radius 2 is 2.21 bits per heavy atom. The molecular formula is C14H23N3OS. The summed E-state index contributed by atoms with van der Waals surface area (Å²) in [5.41, 5.74) is 1.19. The van der Waals surface area contributed by atoms with E-state index in [2.05, 4.69) is 41.8 Å². The van der Waals surface area contributed by atoms with Crippen LogP contribution in [0, 0.1) is 0 Å². The normalized spacial score (nSPS) is 15.5. The summed E-state index contributed by atoms with van der Waals surface area (Å²) in [6.45, 7) is 7.96. The molecule has 1 heterocycles. The van der Waals surface area contributed by atoms with E-state index in [1.807, 2.05) is 0 Å². The molecule has 1 aliphatic rings. The topological polar surface area (TPSA) is 54.0 Å². The Bertz CT molecular complexity index is 432. The van der Waals surface area contributed by atoms with Crippen LogP contribution in [0.25, 0.3) is 0 Å². The molecule has 0 saturated heterocycles. The molecule has 5 heteroatoms. The molecule has 1 fully saturated rings. The van der Waals surface area contributed by atoms with Gasteiger partial charge in [0.05, 0.1) is 10.7 Å². The maximum absolute atomic E-state index is 11.5. The van der Waals surface area contributed by atoms with Gasteiger partial charge in [0.2, 0.25) is 5.91 Å². The van der Waals surface area contributed by atoms with Crippen LogP contribution in [0.3, 0.4) is 0 Å². The number of hydrogen-bond acceptors (Lipinski definition) is 4. The van der Waals surface area contributed by atoms with Crippen LogP contribution >= 0.6 is 11.3 Å². The standard InChI is InChI=1S/C14H23N3OS/c1-14(2,3)13-17-11(9-19-13)8-15-7-6-12(18)16-10-4-5-10/h9-10,15H,4-8H2,1-3H3,(H,16,18). The summed E-state index contributed by atoms with van der Waals surface area (Å²) >= 11 is 1.71. The highest BCUT2D eigenvalue weighted by atomic mass is 32.1. The Labute approximate surface area is 119 Å². The van der Waals surface area contributed by atoms with E-state index < -0.39 is 0 Å². The summed E-state index contributed by atoms with van der Waals surface area (Å²) in [6, 6.07) is 0.459. The van der Waals surface area contributed by atoms with Crippen molar-refractivity contribution in [1.29, 1.82) is 0 Å². The number of hydrogen-bond donors (Lipinski definition) is 2. The van der Waals surface area contributed by atoms with Crippen molar-refractivity contribution >= 4 is 17.2 Å². The number of carbonyl (C=O) groups is 1. The lowest BCUT2D eigenvalue weighted by atomic mass is 9.98. The van der Waals surface area contributed by atoms with Crippen LogP contribution in [0.1, 0.15) is 50.7 Å². The third-order valence-electron chi connectivity index (χ3n) is 2.97. The molecule has 1 saturated carbocycles. The molecule has 0 aromatic carbocycles. The van der Waals surface area contributed by atoms with Crippen LogP contribution in [0.5, 0.6) is 0 Å². The minimum absolute atomic E-state index is 0.118. The van der Waals surface area contributed by atoms with Crippen molar-refractivity contribution in [3.8, 4) is 0 Å². The van der Waals surface area contributed by atoms with Gasteiger partial charge in [-0.3, -0.25) is 4.79 Å². The van der Waals surface area contributed by atoms with Gasteiger partial charge in [-0.1, -0.05) is 20.8 Å². The average molecular weight is 281 g/mol. The third-order valence-corrected chi connectivity index (χ3v) is 4.29. The molecule has 1 aromatic heterocycles. The van der Waals surface area contributed by atoms with Gasteiger partial charge in [-0.15, -0.1) is 11.3 Å². The Hall–Kier alpha value is -0.940. The molecule has 0 bridgehead atoms. The second-order valence-corrected chi connectivity index (χ2v) is 7.02. The molecule has 1 aromatic rings. The number of nitrogens with one attached hydrogen (secondary N) is 2. The first-order chi connectivity index (χ1) is 8.95. The van der Waals surface area contributed by atoms with Crippen molar-refractivity contribution in [1.82, 2.24) is 15.6 Å². The van der Waals surface area contributed by atoms with Crippen LogP contribution in [0.15, 0.2) is 5.38 Å². The van der Waals surface area contributed by atoms with Gasteiger partial charge in [0, 0.05) is 36.3 Å². The Morgan fingerprint density at radius 3 is 2.79 bits per heavy atom. The van der Waals surface area contributed by atoms with Crippen LogP contribution in [0.4, 0.5) is 0 Å². The summed E-state index contributed by atoms with van der Waals surface area (Å²) in [6.07, 6.45) is 2.84. The van der Waals surface area contributed by atoms with E-state index in [-0.39, 0.29) is 11.3 Å². The summed E-state index contributed by atoms with van der Waals surface area (Å²) < 4.78 is 0. The van der Waals surface area contributed by atoms with Gasteiger partial charge in [-0.05, 0) is 12.8 Å². The molecule has 0 atom stereocenters. The Morgan fingerprint density at radius 1 is 1.47 bits per heavy atom. The molecule has 0 unspecified atom stereocenters. The van der Waals surface area contributed by atoms with Crippen LogP contribution < -0.4 is 10.6 Å². The van der Waals surface area contributed by atoms with Crippen molar-refractivity contribution in [2.45, 2.75) is 58.0 Å². The fourth-order valence-corrected chi connectivity index (χ4v) is 2.59. The Balaban J connectivity index is 1.65. The average Bonchev–Trinajstić information content (AvgIpc) is 2.98. The van der Waals surface area contributed by atoms with Crippen molar-refractivity contribution in [2.75, 3.05) is 6.54 Å². The monoisotopic (exact) mass is 281 g/mol. The highest BCUT2D eigenvalue weighted by Crippen LogP contribution is 2.25. The fraction of sp³-hybridized carbons (Fsp3) is 0.714. The highest BCUT2D eigenvalue weighted by Gasteiger charge is 2.22. The lowest BCUT2D eigenvalue weighted by Gasteiger charge is -2.13. The summed E-state index contributed by atoms with van der Waals surface area (Å²) in [4.78, 5) is 16.1. The third kappa shape index (κ3) is 4.91. The van der Waals surface area contributed by atoms with E-state index >= 15 is 0 Å². The first-order valence-electron chi connectivity index (χ1n) is 6.90. The maximum Gasteiger partial charge on any atom is 0.221 e. The SMILES string of the molecule is CC(C)(C)c1nc(CNCCC(=O)NC2CC2)cs1. The zero-order valence-electron chi connectivity index (χ0n) is 12.0. The molecule has 2 N–H and O–H groups in total. The van der Waals surface area contributed by atoms with E-state index in [0.29, 0.717) is 19.0 Å². The van der Waals surface area contributed by atoms with E-state index in [4.69, 9.17) is 0 Å². The number of thiazole rings is 1. The van der Waals surface area contributed by atoms with Crippen molar-refractivity contribution in [3.63, 3.8) is 0 Å². The zero-order valence-corrected chi connectivity index (χ0v) is 12.8. The van der Waals surface area contributed by atoms with Crippen LogP contribution in [-0.4, -0.2) is 23.5 Å². The van der Waals surface area contributed by atoms with Gasteiger partial charge < -0.3 is 10.6 Å². The minimum atomic E-state index is 0.118. The Kier molecular flexibility index (Phi) is 4.58. The molecular weight excluding hydrogens is 258 g/mol. The molecule has 106 valence electrons. The van der Waals surface area contributed by atoms with Gasteiger partial charge in [0.15, 0.2) is 0 Å². The van der Waals surface area contributed by atoms with Crippen molar-refractivity contribution in [2.24, 2.45) is 0 Å². The van der Waals surface area contributed by atoms with Gasteiger partial charge in [0.1, 0.15) is 0 Å². The minimum Gasteiger partial charge on any atom is -0.353 e. The molecule has 19 heavy (non-hydrogen) atoms. The van der Waals surface area contributed by atoms with Crippen molar-refractivity contribution in [3.05, 3.63) is 16.1 Å². The zero-order chi connectivity index (χ0) is 13.9. The smallest absolute Gasteiger partial charge is 0.221 e. The van der Waals surface area contributed by atoms with Crippen LogP contribution in [-0.2, 0) is 16.8 Å². The van der Waals surface area contributed by atoms with Crippen molar-refractivity contribution < 1.29 is 4.79 Å².